The SMILES string of the molecule is CCN1CCN(C(=O)c2n[nH]c3c2C[C@H](C)CC3)CC1. The molecule has 1 aromatic rings. The average molecular weight is 276 g/mol. The van der Waals surface area contributed by atoms with Crippen LogP contribution in [-0.2, 0) is 12.8 Å². The normalized spacial score (nSPS) is 23.7. The summed E-state index contributed by atoms with van der Waals surface area (Å²) in [5.41, 5.74) is 3.03. The van der Waals surface area contributed by atoms with Gasteiger partial charge in [0.15, 0.2) is 5.69 Å². The number of aromatic amines is 1. The molecule has 1 saturated heterocycles. The Morgan fingerprint density at radius 2 is 2.10 bits per heavy atom. The van der Waals surface area contributed by atoms with Gasteiger partial charge in [0.05, 0.1) is 0 Å². The van der Waals surface area contributed by atoms with Crippen LogP contribution in [0.3, 0.4) is 0 Å². The number of aryl methyl sites for hydroxylation is 1. The first kappa shape index (κ1) is 13.6. The predicted octanol–water partition coefficient (Wildman–Crippen LogP) is 1.31. The number of rotatable bonds is 2. The average Bonchev–Trinajstić information content (AvgIpc) is 2.89. The molecule has 2 aliphatic rings. The molecule has 0 saturated carbocycles. The molecule has 3 rings (SSSR count). The van der Waals surface area contributed by atoms with Crippen LogP contribution in [0, 0.1) is 5.92 Å². The maximum absolute atomic E-state index is 12.7. The minimum atomic E-state index is 0.118. The lowest BCUT2D eigenvalue weighted by molar-refractivity contribution is 0.0636. The smallest absolute Gasteiger partial charge is 0.274 e. The number of aromatic nitrogens is 2. The number of hydrogen-bond acceptors (Lipinski definition) is 3. The van der Waals surface area contributed by atoms with Crippen LogP contribution in [0.2, 0.25) is 0 Å². The molecule has 20 heavy (non-hydrogen) atoms. The molecule has 2 heterocycles. The lowest BCUT2D eigenvalue weighted by Gasteiger charge is -2.34. The van der Waals surface area contributed by atoms with E-state index in [1.54, 1.807) is 0 Å². The maximum atomic E-state index is 12.7. The third kappa shape index (κ3) is 2.46. The Balaban J connectivity index is 1.73. The molecule has 110 valence electrons. The molecule has 5 heteroatoms. The Morgan fingerprint density at radius 3 is 2.80 bits per heavy atom. The first-order chi connectivity index (χ1) is 9.69. The highest BCUT2D eigenvalue weighted by atomic mass is 16.2. The van der Waals surface area contributed by atoms with Gasteiger partial charge in [0.1, 0.15) is 0 Å². The molecule has 0 spiro atoms. The highest BCUT2D eigenvalue weighted by Crippen LogP contribution is 2.27. The van der Waals surface area contributed by atoms with Gasteiger partial charge in [0, 0.05) is 37.4 Å². The second-order valence-corrected chi connectivity index (χ2v) is 6.10. The molecular formula is C15H24N4O. The van der Waals surface area contributed by atoms with Crippen molar-refractivity contribution in [2.75, 3.05) is 32.7 Å². The molecule has 1 aliphatic carbocycles. The topological polar surface area (TPSA) is 52.2 Å². The van der Waals surface area contributed by atoms with Crippen molar-refractivity contribution in [3.8, 4) is 0 Å². The van der Waals surface area contributed by atoms with Gasteiger partial charge in [-0.2, -0.15) is 5.10 Å². The molecule has 0 bridgehead atoms. The van der Waals surface area contributed by atoms with Gasteiger partial charge in [0.25, 0.3) is 5.91 Å². The number of nitrogens with one attached hydrogen (secondary N) is 1. The van der Waals surface area contributed by atoms with Crippen molar-refractivity contribution in [1.82, 2.24) is 20.0 Å². The van der Waals surface area contributed by atoms with E-state index >= 15 is 0 Å². The van der Waals surface area contributed by atoms with Crippen LogP contribution in [0.1, 0.15) is 42.0 Å². The van der Waals surface area contributed by atoms with E-state index in [4.69, 9.17) is 0 Å². The standard InChI is InChI=1S/C15H24N4O/c1-3-18-6-8-19(9-7-18)15(20)14-12-10-11(2)4-5-13(12)16-17-14/h11H,3-10H2,1-2H3,(H,16,17)/t11-/m1/s1. The fourth-order valence-corrected chi connectivity index (χ4v) is 3.26. The minimum absolute atomic E-state index is 0.118. The summed E-state index contributed by atoms with van der Waals surface area (Å²) in [6, 6.07) is 0. The van der Waals surface area contributed by atoms with Crippen molar-refractivity contribution in [3.05, 3.63) is 17.0 Å². The van der Waals surface area contributed by atoms with Crippen molar-refractivity contribution in [2.45, 2.75) is 33.1 Å². The summed E-state index contributed by atoms with van der Waals surface area (Å²) in [4.78, 5) is 17.0. The Morgan fingerprint density at radius 1 is 1.35 bits per heavy atom. The lowest BCUT2D eigenvalue weighted by Crippen LogP contribution is -2.48. The van der Waals surface area contributed by atoms with Crippen LogP contribution in [0.5, 0.6) is 0 Å². The van der Waals surface area contributed by atoms with E-state index in [1.807, 2.05) is 4.90 Å². The molecular weight excluding hydrogens is 252 g/mol. The molecule has 1 fully saturated rings. The van der Waals surface area contributed by atoms with E-state index in [-0.39, 0.29) is 5.91 Å². The molecule has 1 N–H and O–H groups in total. The number of piperazine rings is 1. The first-order valence-corrected chi connectivity index (χ1v) is 7.76. The van der Waals surface area contributed by atoms with Gasteiger partial charge < -0.3 is 9.80 Å². The van der Waals surface area contributed by atoms with Crippen LogP contribution < -0.4 is 0 Å². The molecule has 1 amide bonds. The second-order valence-electron chi connectivity index (χ2n) is 6.10. The third-order valence-corrected chi connectivity index (χ3v) is 4.70. The zero-order valence-corrected chi connectivity index (χ0v) is 12.5. The van der Waals surface area contributed by atoms with Crippen LogP contribution in [-0.4, -0.2) is 58.6 Å². The maximum Gasteiger partial charge on any atom is 0.274 e. The van der Waals surface area contributed by atoms with Crippen LogP contribution in [0.4, 0.5) is 0 Å². The van der Waals surface area contributed by atoms with E-state index < -0.39 is 0 Å². The molecule has 1 atom stereocenters. The lowest BCUT2D eigenvalue weighted by atomic mass is 9.87. The van der Waals surface area contributed by atoms with E-state index in [0.717, 1.165) is 45.6 Å². The number of H-pyrrole nitrogens is 1. The van der Waals surface area contributed by atoms with Gasteiger partial charge in [-0.3, -0.25) is 9.89 Å². The Kier molecular flexibility index (Phi) is 3.78. The number of likely N-dealkylation sites (N-methyl/N-ethyl adjacent to an activating group) is 1. The molecule has 0 unspecified atom stereocenters. The van der Waals surface area contributed by atoms with Gasteiger partial charge in [-0.15, -0.1) is 0 Å². The Bertz CT molecular complexity index is 488. The zero-order valence-electron chi connectivity index (χ0n) is 12.5. The summed E-state index contributed by atoms with van der Waals surface area (Å²) >= 11 is 0. The number of carbonyl (C=O) groups excluding carboxylic acids is 1. The predicted molar refractivity (Wildman–Crippen MR) is 77.8 cm³/mol. The summed E-state index contributed by atoms with van der Waals surface area (Å²) in [6.45, 7) is 9.09. The highest BCUT2D eigenvalue weighted by Gasteiger charge is 2.29. The number of carbonyl (C=O) groups is 1. The molecule has 5 nitrogen and oxygen atoms in total. The van der Waals surface area contributed by atoms with Gasteiger partial charge in [-0.05, 0) is 31.7 Å². The van der Waals surface area contributed by atoms with E-state index in [1.165, 1.54) is 17.7 Å². The van der Waals surface area contributed by atoms with Gasteiger partial charge in [0.2, 0.25) is 0 Å². The van der Waals surface area contributed by atoms with Crippen molar-refractivity contribution in [2.24, 2.45) is 5.92 Å². The van der Waals surface area contributed by atoms with Crippen molar-refractivity contribution in [1.29, 1.82) is 0 Å². The largest absolute Gasteiger partial charge is 0.335 e. The minimum Gasteiger partial charge on any atom is -0.335 e. The van der Waals surface area contributed by atoms with E-state index in [2.05, 4.69) is 28.9 Å². The number of fused-ring (bicyclic) bond motifs is 1. The zero-order chi connectivity index (χ0) is 14.1. The fourth-order valence-electron chi connectivity index (χ4n) is 3.26. The molecule has 1 aliphatic heterocycles. The monoisotopic (exact) mass is 276 g/mol. The summed E-state index contributed by atoms with van der Waals surface area (Å²) in [7, 11) is 0. The van der Waals surface area contributed by atoms with E-state index in [9.17, 15) is 4.79 Å². The van der Waals surface area contributed by atoms with Gasteiger partial charge >= 0.3 is 0 Å². The van der Waals surface area contributed by atoms with Crippen LogP contribution in [0.15, 0.2) is 0 Å². The second kappa shape index (κ2) is 5.56. The summed E-state index contributed by atoms with van der Waals surface area (Å²) in [6.07, 6.45) is 3.21. The van der Waals surface area contributed by atoms with Gasteiger partial charge in [-0.1, -0.05) is 13.8 Å². The molecule has 1 aromatic heterocycles. The summed E-state index contributed by atoms with van der Waals surface area (Å²) in [5.74, 6) is 0.774. The number of amides is 1. The first-order valence-electron chi connectivity index (χ1n) is 7.76. The highest BCUT2D eigenvalue weighted by molar-refractivity contribution is 5.94. The number of nitrogens with zero attached hydrogens (tertiary/aromatic N) is 3. The quantitative estimate of drug-likeness (QED) is 0.886. The van der Waals surface area contributed by atoms with Crippen molar-refractivity contribution >= 4 is 5.91 Å². The van der Waals surface area contributed by atoms with Crippen LogP contribution >= 0.6 is 0 Å². The van der Waals surface area contributed by atoms with Crippen LogP contribution in [0.25, 0.3) is 0 Å². The fraction of sp³-hybridized carbons (Fsp3) is 0.733. The van der Waals surface area contributed by atoms with Crippen molar-refractivity contribution in [3.63, 3.8) is 0 Å². The molecule has 0 radical (unpaired) electrons. The Hall–Kier alpha value is -1.36. The number of hydrogen-bond donors (Lipinski definition) is 1. The summed E-state index contributed by atoms with van der Waals surface area (Å²) < 4.78 is 0. The van der Waals surface area contributed by atoms with Crippen molar-refractivity contribution < 1.29 is 4.79 Å². The van der Waals surface area contributed by atoms with Gasteiger partial charge in [-0.25, -0.2) is 0 Å². The third-order valence-electron chi connectivity index (χ3n) is 4.70. The Labute approximate surface area is 120 Å². The summed E-state index contributed by atoms with van der Waals surface area (Å²) in [5, 5.41) is 7.40. The molecule has 0 aromatic carbocycles. The van der Waals surface area contributed by atoms with E-state index in [0.29, 0.717) is 11.6 Å².